The Morgan fingerprint density at radius 1 is 1.20 bits per heavy atom. The first-order valence-electron chi connectivity index (χ1n) is 3.94. The van der Waals surface area contributed by atoms with Gasteiger partial charge in [-0.25, -0.2) is 0 Å². The van der Waals surface area contributed by atoms with Crippen molar-refractivity contribution in [2.24, 2.45) is 0 Å². The monoisotopic (exact) mass is 234 g/mol. The molecule has 0 spiro atoms. The van der Waals surface area contributed by atoms with E-state index in [1.165, 1.54) is 24.3 Å². The molecule has 0 saturated carbocycles. The molecule has 0 aliphatic heterocycles. The Hall–Kier alpha value is -1.29. The van der Waals surface area contributed by atoms with Crippen LogP contribution in [-0.4, -0.2) is 12.5 Å². The van der Waals surface area contributed by atoms with Gasteiger partial charge in [-0.15, -0.1) is 0 Å². The van der Waals surface area contributed by atoms with Gasteiger partial charge in [-0.05, 0) is 23.8 Å². The van der Waals surface area contributed by atoms with E-state index in [1.807, 2.05) is 0 Å². The lowest BCUT2D eigenvalue weighted by Gasteiger charge is -2.10. The van der Waals surface area contributed by atoms with E-state index >= 15 is 0 Å². The fraction of sp³-hybridized carbons (Fsp3) is 0.100. The fourth-order valence-corrected chi connectivity index (χ4v) is 1.18. The Morgan fingerprint density at radius 2 is 1.73 bits per heavy atom. The maximum atomic E-state index is 12.4. The summed E-state index contributed by atoms with van der Waals surface area (Å²) in [5.41, 5.74) is -1.06. The fourth-order valence-electron chi connectivity index (χ4n) is 1.05. The van der Waals surface area contributed by atoms with Gasteiger partial charge in [0.15, 0.2) is 0 Å². The molecule has 1 rings (SSSR count). The maximum Gasteiger partial charge on any atom is 0.417 e. The van der Waals surface area contributed by atoms with E-state index in [4.69, 9.17) is 11.6 Å². The SMILES string of the molecule is O=C/C=C(/c1ccc(Cl)cc1)C(F)(F)F. The molecule has 0 fully saturated rings. The smallest absolute Gasteiger partial charge is 0.299 e. The number of carbonyl (C=O) groups is 1. The van der Waals surface area contributed by atoms with E-state index in [9.17, 15) is 18.0 Å². The van der Waals surface area contributed by atoms with Crippen LogP contribution in [0.1, 0.15) is 5.56 Å². The lowest BCUT2D eigenvalue weighted by Crippen LogP contribution is -2.10. The second kappa shape index (κ2) is 4.49. The van der Waals surface area contributed by atoms with Gasteiger partial charge < -0.3 is 0 Å². The van der Waals surface area contributed by atoms with E-state index in [1.54, 1.807) is 0 Å². The van der Waals surface area contributed by atoms with Crippen molar-refractivity contribution in [3.05, 3.63) is 40.9 Å². The van der Waals surface area contributed by atoms with Gasteiger partial charge in [-0.3, -0.25) is 4.79 Å². The second-order valence-electron chi connectivity index (χ2n) is 2.72. The number of hydrogen-bond donors (Lipinski definition) is 0. The number of rotatable bonds is 2. The van der Waals surface area contributed by atoms with Crippen LogP contribution in [0.25, 0.3) is 5.57 Å². The van der Waals surface area contributed by atoms with Gasteiger partial charge in [0.1, 0.15) is 6.29 Å². The molecule has 1 aromatic carbocycles. The summed E-state index contributed by atoms with van der Waals surface area (Å²) in [5, 5.41) is 0.339. The summed E-state index contributed by atoms with van der Waals surface area (Å²) in [5.74, 6) is 0. The lowest BCUT2D eigenvalue weighted by molar-refractivity contribution is -0.104. The van der Waals surface area contributed by atoms with Crippen molar-refractivity contribution in [1.82, 2.24) is 0 Å². The molecule has 15 heavy (non-hydrogen) atoms. The number of alkyl halides is 3. The molecule has 0 aliphatic rings. The Bertz CT molecular complexity index is 379. The first-order chi connectivity index (χ1) is 6.95. The molecule has 1 aromatic rings. The first kappa shape index (κ1) is 11.8. The molecule has 0 amide bonds. The highest BCUT2D eigenvalue weighted by molar-refractivity contribution is 6.30. The van der Waals surface area contributed by atoms with Crippen molar-refractivity contribution in [1.29, 1.82) is 0 Å². The standard InChI is InChI=1S/C10H6ClF3O/c11-8-3-1-7(2-4-8)9(5-6-15)10(12,13)14/h1-6H/b9-5-. The highest BCUT2D eigenvalue weighted by Gasteiger charge is 2.34. The normalized spacial score (nSPS) is 12.7. The molecule has 0 aromatic heterocycles. The molecular weight excluding hydrogens is 229 g/mol. The molecule has 0 bridgehead atoms. The van der Waals surface area contributed by atoms with Crippen LogP contribution >= 0.6 is 11.6 Å². The van der Waals surface area contributed by atoms with Crippen LogP contribution in [0.5, 0.6) is 0 Å². The van der Waals surface area contributed by atoms with E-state index in [0.717, 1.165) is 0 Å². The highest BCUT2D eigenvalue weighted by atomic mass is 35.5. The number of aldehydes is 1. The minimum absolute atomic E-state index is 0.0843. The van der Waals surface area contributed by atoms with Gasteiger partial charge >= 0.3 is 6.18 Å². The zero-order chi connectivity index (χ0) is 11.5. The topological polar surface area (TPSA) is 17.1 Å². The van der Waals surface area contributed by atoms with Crippen LogP contribution in [-0.2, 0) is 4.79 Å². The summed E-state index contributed by atoms with van der Waals surface area (Å²) in [7, 11) is 0. The zero-order valence-corrected chi connectivity index (χ0v) is 8.14. The van der Waals surface area contributed by atoms with Gasteiger partial charge in [0, 0.05) is 5.02 Å². The Kier molecular flexibility index (Phi) is 3.52. The third kappa shape index (κ3) is 3.09. The highest BCUT2D eigenvalue weighted by Crippen LogP contribution is 2.33. The molecule has 0 atom stereocenters. The zero-order valence-electron chi connectivity index (χ0n) is 7.38. The third-order valence-corrected chi connectivity index (χ3v) is 1.95. The first-order valence-corrected chi connectivity index (χ1v) is 4.31. The van der Waals surface area contributed by atoms with Crippen LogP contribution in [0, 0.1) is 0 Å². The van der Waals surface area contributed by atoms with Crippen molar-refractivity contribution in [3.8, 4) is 0 Å². The third-order valence-electron chi connectivity index (χ3n) is 1.70. The van der Waals surface area contributed by atoms with Crippen molar-refractivity contribution < 1.29 is 18.0 Å². The van der Waals surface area contributed by atoms with Crippen LogP contribution in [0.3, 0.4) is 0 Å². The van der Waals surface area contributed by atoms with Crippen molar-refractivity contribution >= 4 is 23.5 Å². The summed E-state index contributed by atoms with van der Waals surface area (Å²) in [4.78, 5) is 10.1. The van der Waals surface area contributed by atoms with Crippen LogP contribution in [0.2, 0.25) is 5.02 Å². The lowest BCUT2D eigenvalue weighted by atomic mass is 10.1. The molecular formula is C10H6ClF3O. The summed E-state index contributed by atoms with van der Waals surface area (Å²) in [6.45, 7) is 0. The molecule has 0 heterocycles. The van der Waals surface area contributed by atoms with Gasteiger partial charge in [0.25, 0.3) is 0 Å². The van der Waals surface area contributed by atoms with Crippen LogP contribution in [0.4, 0.5) is 13.2 Å². The number of halogens is 4. The van der Waals surface area contributed by atoms with Crippen LogP contribution < -0.4 is 0 Å². The molecule has 0 aliphatic carbocycles. The van der Waals surface area contributed by atoms with E-state index in [-0.39, 0.29) is 11.8 Å². The number of benzene rings is 1. The molecule has 80 valence electrons. The molecule has 0 radical (unpaired) electrons. The number of allylic oxidation sites excluding steroid dienone is 2. The van der Waals surface area contributed by atoms with Crippen LogP contribution in [0.15, 0.2) is 30.3 Å². The Labute approximate surface area is 89.2 Å². The number of carbonyl (C=O) groups excluding carboxylic acids is 1. The minimum Gasteiger partial charge on any atom is -0.299 e. The molecule has 0 N–H and O–H groups in total. The maximum absolute atomic E-state index is 12.4. The van der Waals surface area contributed by atoms with E-state index in [0.29, 0.717) is 11.1 Å². The second-order valence-corrected chi connectivity index (χ2v) is 3.16. The summed E-state index contributed by atoms with van der Waals surface area (Å²) in [6, 6.07) is 5.10. The average Bonchev–Trinajstić information content (AvgIpc) is 2.14. The van der Waals surface area contributed by atoms with E-state index < -0.39 is 11.7 Å². The Morgan fingerprint density at radius 3 is 2.13 bits per heavy atom. The van der Waals surface area contributed by atoms with Crippen molar-refractivity contribution in [3.63, 3.8) is 0 Å². The average molecular weight is 235 g/mol. The quantitative estimate of drug-likeness (QED) is 0.566. The molecule has 0 saturated heterocycles. The molecule has 1 nitrogen and oxygen atoms in total. The van der Waals surface area contributed by atoms with Gasteiger partial charge in [0.05, 0.1) is 5.57 Å². The summed E-state index contributed by atoms with van der Waals surface area (Å²) in [6.07, 6.45) is -3.95. The van der Waals surface area contributed by atoms with Gasteiger partial charge in [-0.2, -0.15) is 13.2 Å². The summed E-state index contributed by atoms with van der Waals surface area (Å²) >= 11 is 5.54. The number of hydrogen-bond acceptors (Lipinski definition) is 1. The van der Waals surface area contributed by atoms with Gasteiger partial charge in [0.2, 0.25) is 0 Å². The van der Waals surface area contributed by atoms with E-state index in [2.05, 4.69) is 0 Å². The Balaban J connectivity index is 3.17. The molecule has 0 unspecified atom stereocenters. The van der Waals surface area contributed by atoms with Crippen molar-refractivity contribution in [2.45, 2.75) is 6.18 Å². The minimum atomic E-state index is -4.55. The van der Waals surface area contributed by atoms with Crippen molar-refractivity contribution in [2.75, 3.05) is 0 Å². The largest absolute Gasteiger partial charge is 0.417 e. The predicted octanol–water partition coefficient (Wildman–Crippen LogP) is 3.48. The summed E-state index contributed by atoms with van der Waals surface area (Å²) < 4.78 is 37.3. The predicted molar refractivity (Wildman–Crippen MR) is 51.5 cm³/mol. The van der Waals surface area contributed by atoms with Gasteiger partial charge in [-0.1, -0.05) is 23.7 Å². The molecule has 5 heteroatoms.